The van der Waals surface area contributed by atoms with Crippen molar-refractivity contribution in [3.8, 4) is 0 Å². The molecule has 1 N–H and O–H groups in total. The van der Waals surface area contributed by atoms with Gasteiger partial charge in [-0.3, -0.25) is 0 Å². The van der Waals surface area contributed by atoms with E-state index in [1.165, 1.54) is 25.7 Å². The summed E-state index contributed by atoms with van der Waals surface area (Å²) in [6.07, 6.45) is 1.14. The highest BCUT2D eigenvalue weighted by Gasteiger charge is 2.33. The Labute approximate surface area is 115 Å². The number of alkyl halides is 3. The highest BCUT2D eigenvalue weighted by molar-refractivity contribution is 4.88. The first-order chi connectivity index (χ1) is 8.70. The zero-order valence-electron chi connectivity index (χ0n) is 12.4. The van der Waals surface area contributed by atoms with Crippen molar-refractivity contribution in [1.29, 1.82) is 0 Å². The molecule has 0 radical (unpaired) electrons. The van der Waals surface area contributed by atoms with Crippen molar-refractivity contribution >= 4 is 0 Å². The van der Waals surface area contributed by atoms with E-state index in [0.717, 1.165) is 0 Å². The summed E-state index contributed by atoms with van der Waals surface area (Å²) in [5.74, 6) is 0.642. The maximum absolute atomic E-state index is 12.0. The molecule has 1 saturated carbocycles. The summed E-state index contributed by atoms with van der Waals surface area (Å²) in [6.45, 7) is 7.51. The maximum atomic E-state index is 12.0. The third-order valence-electron chi connectivity index (χ3n) is 4.17. The van der Waals surface area contributed by atoms with Crippen LogP contribution in [0.5, 0.6) is 0 Å². The van der Waals surface area contributed by atoms with Crippen LogP contribution in [0, 0.1) is 11.3 Å². The number of hydrogen-bond donors (Lipinski definition) is 1. The second-order valence-corrected chi connectivity index (χ2v) is 6.89. The standard InChI is InChI=1S/C15H28F3N/c1-14(2,3)12-8-4-5-9-13(12)19-11-7-6-10-15(16,17)18/h12-13,19H,4-11H2,1-3H3. The van der Waals surface area contributed by atoms with Crippen molar-refractivity contribution in [2.45, 2.75) is 77.9 Å². The molecule has 0 spiro atoms. The van der Waals surface area contributed by atoms with E-state index in [1.807, 2.05) is 0 Å². The van der Waals surface area contributed by atoms with Crippen molar-refractivity contribution in [1.82, 2.24) is 5.32 Å². The van der Waals surface area contributed by atoms with Gasteiger partial charge in [0, 0.05) is 12.5 Å². The van der Waals surface area contributed by atoms with Gasteiger partial charge < -0.3 is 5.32 Å². The molecule has 1 aliphatic carbocycles. The van der Waals surface area contributed by atoms with Crippen LogP contribution in [-0.4, -0.2) is 18.8 Å². The summed E-state index contributed by atoms with van der Waals surface area (Å²) < 4.78 is 36.1. The van der Waals surface area contributed by atoms with Crippen LogP contribution in [0.15, 0.2) is 0 Å². The number of rotatable bonds is 5. The molecule has 0 amide bonds. The molecule has 0 aliphatic heterocycles. The summed E-state index contributed by atoms with van der Waals surface area (Å²) in [5.41, 5.74) is 0.282. The fraction of sp³-hybridized carbons (Fsp3) is 1.00. The van der Waals surface area contributed by atoms with Gasteiger partial charge in [-0.25, -0.2) is 0 Å². The third-order valence-corrected chi connectivity index (χ3v) is 4.17. The smallest absolute Gasteiger partial charge is 0.314 e. The zero-order valence-corrected chi connectivity index (χ0v) is 12.4. The van der Waals surface area contributed by atoms with Crippen LogP contribution in [0.2, 0.25) is 0 Å². The second kappa shape index (κ2) is 6.96. The first-order valence-corrected chi connectivity index (χ1v) is 7.50. The van der Waals surface area contributed by atoms with Gasteiger partial charge in [-0.1, -0.05) is 33.6 Å². The van der Waals surface area contributed by atoms with E-state index in [2.05, 4.69) is 26.1 Å². The van der Waals surface area contributed by atoms with Gasteiger partial charge in [-0.05, 0) is 43.6 Å². The van der Waals surface area contributed by atoms with Crippen molar-refractivity contribution in [2.24, 2.45) is 11.3 Å². The molecule has 114 valence electrons. The lowest BCUT2D eigenvalue weighted by molar-refractivity contribution is -0.135. The summed E-state index contributed by atoms with van der Waals surface area (Å²) in [4.78, 5) is 0. The predicted molar refractivity (Wildman–Crippen MR) is 73.1 cm³/mol. The average Bonchev–Trinajstić information content (AvgIpc) is 2.26. The molecule has 0 aromatic carbocycles. The number of nitrogens with one attached hydrogen (secondary N) is 1. The summed E-state index contributed by atoms with van der Waals surface area (Å²) in [5, 5.41) is 3.50. The molecule has 0 aromatic heterocycles. The van der Waals surface area contributed by atoms with Gasteiger partial charge in [0.05, 0.1) is 0 Å². The SMILES string of the molecule is CC(C)(C)C1CCCCC1NCCCCC(F)(F)F. The maximum Gasteiger partial charge on any atom is 0.389 e. The Morgan fingerprint density at radius 3 is 2.21 bits per heavy atom. The predicted octanol–water partition coefficient (Wildman–Crippen LogP) is 4.91. The first-order valence-electron chi connectivity index (χ1n) is 7.50. The molecular formula is C15H28F3N. The normalized spacial score (nSPS) is 25.6. The van der Waals surface area contributed by atoms with Crippen molar-refractivity contribution < 1.29 is 13.2 Å². The summed E-state index contributed by atoms with van der Waals surface area (Å²) >= 11 is 0. The Kier molecular flexibility index (Phi) is 6.15. The molecule has 1 fully saturated rings. The molecule has 0 heterocycles. The van der Waals surface area contributed by atoms with E-state index in [-0.39, 0.29) is 11.8 Å². The van der Waals surface area contributed by atoms with Crippen molar-refractivity contribution in [2.75, 3.05) is 6.54 Å². The zero-order chi connectivity index (χ0) is 14.5. The van der Waals surface area contributed by atoms with E-state index >= 15 is 0 Å². The fourth-order valence-corrected chi connectivity index (χ4v) is 3.15. The number of halogens is 3. The van der Waals surface area contributed by atoms with Gasteiger partial charge in [-0.2, -0.15) is 13.2 Å². The molecule has 0 bridgehead atoms. The molecule has 0 saturated heterocycles. The minimum Gasteiger partial charge on any atom is -0.314 e. The topological polar surface area (TPSA) is 12.0 Å². The quantitative estimate of drug-likeness (QED) is 0.705. The highest BCUT2D eigenvalue weighted by atomic mass is 19.4. The van der Waals surface area contributed by atoms with E-state index < -0.39 is 12.6 Å². The van der Waals surface area contributed by atoms with E-state index in [0.29, 0.717) is 24.9 Å². The number of unbranched alkanes of at least 4 members (excludes halogenated alkanes) is 1. The van der Waals surface area contributed by atoms with Crippen LogP contribution in [0.1, 0.15) is 65.7 Å². The minimum atomic E-state index is -4.00. The molecule has 1 rings (SSSR count). The Morgan fingerprint density at radius 1 is 1.00 bits per heavy atom. The Hall–Kier alpha value is -0.250. The van der Waals surface area contributed by atoms with Crippen molar-refractivity contribution in [3.63, 3.8) is 0 Å². The van der Waals surface area contributed by atoms with E-state index in [1.54, 1.807) is 0 Å². The molecule has 1 aliphatic rings. The average molecular weight is 279 g/mol. The van der Waals surface area contributed by atoms with Gasteiger partial charge in [0.25, 0.3) is 0 Å². The largest absolute Gasteiger partial charge is 0.389 e. The van der Waals surface area contributed by atoms with E-state index in [4.69, 9.17) is 0 Å². The Morgan fingerprint density at radius 2 is 1.63 bits per heavy atom. The number of hydrogen-bond acceptors (Lipinski definition) is 1. The van der Waals surface area contributed by atoms with Crippen LogP contribution in [0.4, 0.5) is 13.2 Å². The summed E-state index contributed by atoms with van der Waals surface area (Å²) in [7, 11) is 0. The summed E-state index contributed by atoms with van der Waals surface area (Å²) in [6, 6.07) is 0.486. The molecule has 2 atom stereocenters. The lowest BCUT2D eigenvalue weighted by atomic mass is 9.69. The highest BCUT2D eigenvalue weighted by Crippen LogP contribution is 2.37. The molecule has 1 nitrogen and oxygen atoms in total. The monoisotopic (exact) mass is 279 g/mol. The molecular weight excluding hydrogens is 251 g/mol. The van der Waals surface area contributed by atoms with Gasteiger partial charge in [0.2, 0.25) is 0 Å². The Bertz CT molecular complexity index is 255. The van der Waals surface area contributed by atoms with Gasteiger partial charge >= 0.3 is 6.18 Å². The third kappa shape index (κ3) is 6.64. The van der Waals surface area contributed by atoms with Crippen LogP contribution in [0.25, 0.3) is 0 Å². The molecule has 0 aromatic rings. The second-order valence-electron chi connectivity index (χ2n) is 6.89. The van der Waals surface area contributed by atoms with Gasteiger partial charge in [0.1, 0.15) is 0 Å². The van der Waals surface area contributed by atoms with Crippen LogP contribution < -0.4 is 5.32 Å². The first kappa shape index (κ1) is 16.8. The van der Waals surface area contributed by atoms with Gasteiger partial charge in [-0.15, -0.1) is 0 Å². The van der Waals surface area contributed by atoms with Crippen LogP contribution in [0.3, 0.4) is 0 Å². The Balaban J connectivity index is 2.26. The lowest BCUT2D eigenvalue weighted by Crippen LogP contribution is -2.44. The van der Waals surface area contributed by atoms with Crippen LogP contribution in [-0.2, 0) is 0 Å². The minimum absolute atomic E-state index is 0.239. The molecule has 19 heavy (non-hydrogen) atoms. The molecule has 4 heteroatoms. The van der Waals surface area contributed by atoms with Gasteiger partial charge in [0.15, 0.2) is 0 Å². The van der Waals surface area contributed by atoms with Crippen LogP contribution >= 0.6 is 0 Å². The molecule has 2 unspecified atom stereocenters. The van der Waals surface area contributed by atoms with E-state index in [9.17, 15) is 13.2 Å². The fourth-order valence-electron chi connectivity index (χ4n) is 3.15. The lowest BCUT2D eigenvalue weighted by Gasteiger charge is -2.41. The van der Waals surface area contributed by atoms with Crippen molar-refractivity contribution in [3.05, 3.63) is 0 Å².